The smallest absolute Gasteiger partial charge is 0.399 e. The van der Waals surface area contributed by atoms with Gasteiger partial charge in [0.25, 0.3) is 0 Å². The second-order valence-corrected chi connectivity index (χ2v) is 4.43. The predicted molar refractivity (Wildman–Crippen MR) is 52.8 cm³/mol. The molecule has 0 atom stereocenters. The molecule has 16 heavy (non-hydrogen) atoms. The van der Waals surface area contributed by atoms with E-state index >= 15 is 0 Å². The lowest BCUT2D eigenvalue weighted by molar-refractivity contribution is -0.649. The standard InChI is InChI=1S/C10H9F3NS.ClH/c1-14-7-4-2-3-5-8(7)15-9(14)6-10(11,12)13;/h2-5H,6H2,1H3;1H/q+1;/p-1. The van der Waals surface area contributed by atoms with E-state index in [0.717, 1.165) is 10.2 Å². The Morgan fingerprint density at radius 2 is 1.88 bits per heavy atom. The highest BCUT2D eigenvalue weighted by atomic mass is 35.5. The Kier molecular flexibility index (Phi) is 3.80. The molecular formula is C10H9ClF3NS. The predicted octanol–water partition coefficient (Wildman–Crippen LogP) is -0.165. The molecule has 0 aliphatic carbocycles. The summed E-state index contributed by atoms with van der Waals surface area (Å²) in [7, 11) is 1.67. The molecule has 0 aliphatic heterocycles. The fourth-order valence-electron chi connectivity index (χ4n) is 1.48. The van der Waals surface area contributed by atoms with Crippen LogP contribution in [0.5, 0.6) is 0 Å². The van der Waals surface area contributed by atoms with E-state index in [1.807, 2.05) is 24.3 Å². The van der Waals surface area contributed by atoms with Gasteiger partial charge in [-0.25, -0.2) is 0 Å². The summed E-state index contributed by atoms with van der Waals surface area (Å²) in [6.45, 7) is 0. The zero-order valence-corrected chi connectivity index (χ0v) is 9.96. The molecule has 2 aromatic rings. The molecule has 0 amide bonds. The van der Waals surface area contributed by atoms with Crippen molar-refractivity contribution in [2.24, 2.45) is 7.05 Å². The van der Waals surface area contributed by atoms with Crippen molar-refractivity contribution in [3.05, 3.63) is 29.3 Å². The van der Waals surface area contributed by atoms with Crippen molar-refractivity contribution in [1.29, 1.82) is 0 Å². The maximum Gasteiger partial charge on any atom is 0.399 e. The largest absolute Gasteiger partial charge is 1.00 e. The number of halogens is 4. The molecular weight excluding hydrogens is 259 g/mol. The number of alkyl halides is 3. The zero-order chi connectivity index (χ0) is 11.1. The van der Waals surface area contributed by atoms with Gasteiger partial charge in [-0.15, -0.1) is 0 Å². The number of aromatic nitrogens is 1. The van der Waals surface area contributed by atoms with E-state index in [1.54, 1.807) is 11.6 Å². The number of benzene rings is 1. The fourth-order valence-corrected chi connectivity index (χ4v) is 2.66. The van der Waals surface area contributed by atoms with Gasteiger partial charge in [-0.1, -0.05) is 23.5 Å². The summed E-state index contributed by atoms with van der Waals surface area (Å²) >= 11 is 1.19. The van der Waals surface area contributed by atoms with Crippen LogP contribution in [0.15, 0.2) is 24.3 Å². The number of hydrogen-bond donors (Lipinski definition) is 0. The molecule has 0 fully saturated rings. The zero-order valence-electron chi connectivity index (χ0n) is 8.38. The number of para-hydroxylation sites is 1. The topological polar surface area (TPSA) is 3.88 Å². The van der Waals surface area contributed by atoms with Gasteiger partial charge in [0.05, 0.1) is 0 Å². The van der Waals surface area contributed by atoms with E-state index in [1.165, 1.54) is 11.3 Å². The highest BCUT2D eigenvalue weighted by Crippen LogP contribution is 2.26. The van der Waals surface area contributed by atoms with E-state index in [9.17, 15) is 13.2 Å². The lowest BCUT2D eigenvalue weighted by atomic mass is 10.3. The molecule has 88 valence electrons. The molecule has 0 unspecified atom stereocenters. The second kappa shape index (κ2) is 4.59. The third-order valence-corrected chi connectivity index (χ3v) is 3.40. The van der Waals surface area contributed by atoms with E-state index in [2.05, 4.69) is 0 Å². The van der Waals surface area contributed by atoms with Crippen molar-refractivity contribution in [1.82, 2.24) is 0 Å². The van der Waals surface area contributed by atoms with Crippen molar-refractivity contribution >= 4 is 21.6 Å². The number of nitrogens with zero attached hydrogens (tertiary/aromatic N) is 1. The van der Waals surface area contributed by atoms with Crippen molar-refractivity contribution in [2.45, 2.75) is 12.6 Å². The first kappa shape index (κ1) is 13.3. The SMILES string of the molecule is C[n+]1c(CC(F)(F)F)sc2ccccc21.[Cl-]. The maximum atomic E-state index is 12.2. The molecule has 0 saturated carbocycles. The highest BCUT2D eigenvalue weighted by molar-refractivity contribution is 7.18. The van der Waals surface area contributed by atoms with Crippen LogP contribution in [0.4, 0.5) is 13.2 Å². The lowest BCUT2D eigenvalue weighted by Gasteiger charge is -2.00. The van der Waals surface area contributed by atoms with Crippen LogP contribution in [0.1, 0.15) is 5.01 Å². The van der Waals surface area contributed by atoms with Crippen LogP contribution in [0.2, 0.25) is 0 Å². The van der Waals surface area contributed by atoms with Gasteiger partial charge >= 0.3 is 6.18 Å². The first-order valence-corrected chi connectivity index (χ1v) is 5.22. The van der Waals surface area contributed by atoms with Gasteiger partial charge in [0, 0.05) is 6.07 Å². The maximum absolute atomic E-state index is 12.2. The summed E-state index contributed by atoms with van der Waals surface area (Å²) < 4.78 is 39.2. The van der Waals surface area contributed by atoms with Gasteiger partial charge < -0.3 is 12.4 Å². The van der Waals surface area contributed by atoms with Crippen LogP contribution in [-0.4, -0.2) is 6.18 Å². The quantitative estimate of drug-likeness (QED) is 0.632. The van der Waals surface area contributed by atoms with E-state index < -0.39 is 12.6 Å². The van der Waals surface area contributed by atoms with Crippen molar-refractivity contribution < 1.29 is 30.1 Å². The van der Waals surface area contributed by atoms with Crippen LogP contribution >= 0.6 is 11.3 Å². The Bertz CT molecular complexity index is 492. The Morgan fingerprint density at radius 1 is 1.25 bits per heavy atom. The molecule has 2 rings (SSSR count). The average Bonchev–Trinajstić information content (AvgIpc) is 2.42. The summed E-state index contributed by atoms with van der Waals surface area (Å²) in [6.07, 6.45) is -5.00. The van der Waals surface area contributed by atoms with Gasteiger partial charge in [0.1, 0.15) is 18.2 Å². The van der Waals surface area contributed by atoms with Gasteiger partial charge in [-0.05, 0) is 6.07 Å². The molecule has 0 spiro atoms. The minimum Gasteiger partial charge on any atom is -1.00 e. The van der Waals surface area contributed by atoms with Crippen molar-refractivity contribution in [3.63, 3.8) is 0 Å². The minimum absolute atomic E-state index is 0. The third kappa shape index (κ3) is 2.65. The molecule has 0 aliphatic rings. The Morgan fingerprint density at radius 3 is 2.44 bits per heavy atom. The summed E-state index contributed by atoms with van der Waals surface area (Å²) in [5, 5.41) is 0.337. The van der Waals surface area contributed by atoms with Gasteiger partial charge in [-0.3, -0.25) is 0 Å². The van der Waals surface area contributed by atoms with E-state index in [4.69, 9.17) is 0 Å². The summed E-state index contributed by atoms with van der Waals surface area (Å²) in [4.78, 5) is 0. The number of aryl methyl sites for hydroxylation is 1. The van der Waals surface area contributed by atoms with Gasteiger partial charge in [0.2, 0.25) is 10.5 Å². The van der Waals surface area contributed by atoms with Crippen LogP contribution < -0.4 is 17.0 Å². The number of thiazole rings is 1. The summed E-state index contributed by atoms with van der Waals surface area (Å²) in [5.41, 5.74) is 0.849. The molecule has 1 nitrogen and oxygen atoms in total. The molecule has 0 N–H and O–H groups in total. The Balaban J connectivity index is 0.00000128. The molecule has 1 heterocycles. The number of hydrogen-bond acceptors (Lipinski definition) is 1. The van der Waals surface area contributed by atoms with Gasteiger partial charge in [0.15, 0.2) is 0 Å². The molecule has 6 heteroatoms. The third-order valence-electron chi connectivity index (χ3n) is 2.18. The molecule has 0 radical (unpaired) electrons. The Labute approximate surface area is 101 Å². The monoisotopic (exact) mass is 267 g/mol. The van der Waals surface area contributed by atoms with Gasteiger partial charge in [-0.2, -0.15) is 17.7 Å². The summed E-state index contributed by atoms with van der Waals surface area (Å²) in [5.74, 6) is 0. The molecule has 1 aromatic heterocycles. The minimum atomic E-state index is -4.14. The van der Waals surface area contributed by atoms with Crippen LogP contribution in [0.25, 0.3) is 10.2 Å². The van der Waals surface area contributed by atoms with Crippen LogP contribution in [-0.2, 0) is 13.5 Å². The molecule has 1 aromatic carbocycles. The first-order valence-electron chi connectivity index (χ1n) is 4.40. The molecule has 0 bridgehead atoms. The van der Waals surface area contributed by atoms with E-state index in [-0.39, 0.29) is 12.4 Å². The lowest BCUT2D eigenvalue weighted by Crippen LogP contribution is -3.00. The van der Waals surface area contributed by atoms with Crippen molar-refractivity contribution in [3.8, 4) is 0 Å². The van der Waals surface area contributed by atoms with Crippen LogP contribution in [0, 0.1) is 0 Å². The number of fused-ring (bicyclic) bond motifs is 1. The Hall–Kier alpha value is -0.810. The highest BCUT2D eigenvalue weighted by Gasteiger charge is 2.34. The molecule has 0 saturated heterocycles. The number of rotatable bonds is 1. The van der Waals surface area contributed by atoms with E-state index in [0.29, 0.717) is 5.01 Å². The van der Waals surface area contributed by atoms with Crippen LogP contribution in [0.3, 0.4) is 0 Å². The fraction of sp³-hybridized carbons (Fsp3) is 0.300. The average molecular weight is 268 g/mol. The van der Waals surface area contributed by atoms with Crippen molar-refractivity contribution in [2.75, 3.05) is 0 Å². The normalized spacial score (nSPS) is 11.5. The summed E-state index contributed by atoms with van der Waals surface area (Å²) in [6, 6.07) is 7.31. The first-order chi connectivity index (χ1) is 6.97. The second-order valence-electron chi connectivity index (χ2n) is 3.31.